The summed E-state index contributed by atoms with van der Waals surface area (Å²) in [6.07, 6.45) is -0.457. The normalized spacial score (nSPS) is 18.8. The van der Waals surface area contributed by atoms with Crippen molar-refractivity contribution in [3.05, 3.63) is 80.8 Å². The van der Waals surface area contributed by atoms with Crippen LogP contribution in [-0.4, -0.2) is 71.5 Å². The number of aromatic nitrogens is 2. The summed E-state index contributed by atoms with van der Waals surface area (Å²) in [4.78, 5) is 60.2. The van der Waals surface area contributed by atoms with Gasteiger partial charge in [-0.25, -0.2) is 9.37 Å². The highest BCUT2D eigenvalue weighted by Crippen LogP contribution is 2.29. The lowest BCUT2D eigenvalue weighted by atomic mass is 9.99. The molecule has 43 heavy (non-hydrogen) atoms. The van der Waals surface area contributed by atoms with Crippen LogP contribution < -0.4 is 30.4 Å². The molecule has 1 aromatic heterocycles. The first kappa shape index (κ1) is 29.5. The number of carbonyl (C=O) groups is 3. The van der Waals surface area contributed by atoms with E-state index in [1.165, 1.54) is 25.3 Å². The quantitative estimate of drug-likeness (QED) is 0.414. The number of amides is 3. The molecule has 0 spiro atoms. The van der Waals surface area contributed by atoms with Crippen LogP contribution in [0.1, 0.15) is 39.4 Å². The fourth-order valence-corrected chi connectivity index (χ4v) is 5.20. The molecule has 0 saturated carbocycles. The summed E-state index contributed by atoms with van der Waals surface area (Å²) in [6, 6.07) is 8.00. The Morgan fingerprint density at radius 2 is 1.98 bits per heavy atom. The molecule has 0 unspecified atom stereocenters. The van der Waals surface area contributed by atoms with Crippen molar-refractivity contribution in [2.24, 2.45) is 0 Å². The molecule has 226 valence electrons. The van der Waals surface area contributed by atoms with Crippen molar-refractivity contribution in [3.63, 3.8) is 0 Å². The first-order chi connectivity index (χ1) is 20.6. The number of carbonyl (C=O) groups excluding carboxylic acids is 3. The number of fused-ring (bicyclic) bond motifs is 5. The molecule has 4 bridgehead atoms. The minimum Gasteiger partial charge on any atom is -0.493 e. The van der Waals surface area contributed by atoms with E-state index in [-0.39, 0.29) is 66.8 Å². The van der Waals surface area contributed by atoms with E-state index < -0.39 is 29.8 Å². The van der Waals surface area contributed by atoms with Gasteiger partial charge in [-0.2, -0.15) is 0 Å². The van der Waals surface area contributed by atoms with Gasteiger partial charge in [-0.05, 0) is 49.7 Å². The van der Waals surface area contributed by atoms with Gasteiger partial charge in [0.1, 0.15) is 23.5 Å². The number of H-pyrrole nitrogens is 1. The Morgan fingerprint density at radius 1 is 1.16 bits per heavy atom. The molecule has 2 aliphatic rings. The molecular formula is C30H32FN5O7. The first-order valence-electron chi connectivity index (χ1n) is 13.8. The zero-order valence-corrected chi connectivity index (χ0v) is 24.0. The molecule has 3 aromatic rings. The number of aromatic amines is 1. The Hall–Kier alpha value is -4.94. The number of nitrogens with one attached hydrogen (secondary N) is 3. The van der Waals surface area contributed by atoms with Crippen LogP contribution in [0.15, 0.2) is 41.2 Å². The van der Waals surface area contributed by atoms with Crippen molar-refractivity contribution in [3.8, 4) is 17.2 Å². The molecule has 12 nitrogen and oxygen atoms in total. The number of aryl methyl sites for hydroxylation is 2. The predicted molar refractivity (Wildman–Crippen MR) is 152 cm³/mol. The molecule has 2 aliphatic heterocycles. The molecular weight excluding hydrogens is 561 g/mol. The number of benzene rings is 2. The van der Waals surface area contributed by atoms with Gasteiger partial charge in [0.2, 0.25) is 5.91 Å². The molecule has 1 saturated heterocycles. The fraction of sp³-hybridized carbons (Fsp3) is 0.367. The molecule has 3 heterocycles. The van der Waals surface area contributed by atoms with Gasteiger partial charge in [0.05, 0.1) is 19.6 Å². The number of hydrogen-bond donors (Lipinski definition) is 3. The first-order valence-corrected chi connectivity index (χ1v) is 13.8. The molecule has 1 fully saturated rings. The highest BCUT2D eigenvalue weighted by Gasteiger charge is 2.35. The fourth-order valence-electron chi connectivity index (χ4n) is 5.20. The number of rotatable bonds is 3. The van der Waals surface area contributed by atoms with Crippen LogP contribution in [0.5, 0.6) is 17.2 Å². The van der Waals surface area contributed by atoms with Crippen LogP contribution in [0.2, 0.25) is 0 Å². The average molecular weight is 594 g/mol. The monoisotopic (exact) mass is 593 g/mol. The van der Waals surface area contributed by atoms with Crippen LogP contribution in [0.4, 0.5) is 4.39 Å². The van der Waals surface area contributed by atoms with E-state index in [2.05, 4.69) is 20.6 Å². The third-order valence-corrected chi connectivity index (χ3v) is 7.38. The molecule has 0 radical (unpaired) electrons. The maximum atomic E-state index is 14.5. The molecule has 5 rings (SSSR count). The number of likely N-dealkylation sites (tertiary alicyclic amines) is 1. The van der Waals surface area contributed by atoms with Gasteiger partial charge in [0.15, 0.2) is 18.1 Å². The van der Waals surface area contributed by atoms with Crippen molar-refractivity contribution in [2.75, 3.05) is 26.8 Å². The second-order valence-corrected chi connectivity index (χ2v) is 10.5. The van der Waals surface area contributed by atoms with Gasteiger partial charge in [0.25, 0.3) is 17.4 Å². The zero-order valence-electron chi connectivity index (χ0n) is 24.0. The third kappa shape index (κ3) is 6.93. The lowest BCUT2D eigenvalue weighted by molar-refractivity contribution is -0.133. The molecule has 3 N–H and O–H groups in total. The summed E-state index contributed by atoms with van der Waals surface area (Å²) in [5.41, 5.74) is 1.08. The van der Waals surface area contributed by atoms with Gasteiger partial charge < -0.3 is 34.7 Å². The van der Waals surface area contributed by atoms with E-state index in [1.54, 1.807) is 36.9 Å². The van der Waals surface area contributed by atoms with Crippen molar-refractivity contribution in [1.29, 1.82) is 0 Å². The number of piperidine rings is 1. The number of hydrogen-bond acceptors (Lipinski definition) is 8. The largest absolute Gasteiger partial charge is 0.493 e. The summed E-state index contributed by atoms with van der Waals surface area (Å²) in [5, 5.41) is 5.63. The number of halogens is 1. The van der Waals surface area contributed by atoms with Gasteiger partial charge in [-0.15, -0.1) is 0 Å². The number of methoxy groups -OCH3 is 1. The Balaban J connectivity index is 1.44. The molecule has 2 atom stereocenters. The molecule has 2 aromatic carbocycles. The van der Waals surface area contributed by atoms with Gasteiger partial charge in [-0.1, -0.05) is 0 Å². The van der Waals surface area contributed by atoms with Gasteiger partial charge in [-0.3, -0.25) is 19.2 Å². The summed E-state index contributed by atoms with van der Waals surface area (Å²) >= 11 is 0. The topological polar surface area (TPSA) is 152 Å². The van der Waals surface area contributed by atoms with Crippen LogP contribution >= 0.6 is 0 Å². The Bertz CT molecular complexity index is 1620. The summed E-state index contributed by atoms with van der Waals surface area (Å²) in [7, 11) is 1.44. The van der Waals surface area contributed by atoms with Crippen molar-refractivity contribution in [1.82, 2.24) is 25.5 Å². The third-order valence-electron chi connectivity index (χ3n) is 7.38. The van der Waals surface area contributed by atoms with Crippen molar-refractivity contribution < 1.29 is 33.0 Å². The van der Waals surface area contributed by atoms with E-state index >= 15 is 0 Å². The van der Waals surface area contributed by atoms with Crippen molar-refractivity contribution >= 4 is 17.7 Å². The maximum Gasteiger partial charge on any atom is 0.258 e. The van der Waals surface area contributed by atoms with E-state index in [9.17, 15) is 23.6 Å². The standard InChI is InChI=1S/C30H32FN5O7/c1-16-22(30(40)34-17(2)33-16)12-28(38)36-7-6-24-23(14-36)35-29(39)19-4-5-25(41-3)26(10-19)42-15-27(37)32-13-18-8-20(31)11-21(9-18)43-24/h4-5,8-11,23-24H,6-7,12-15H2,1-3H3,(H,32,37)(H,35,39)(H,33,34,40)/t23-,24+/m0/s1. The van der Waals surface area contributed by atoms with Crippen LogP contribution in [0, 0.1) is 19.7 Å². The van der Waals surface area contributed by atoms with Crippen LogP contribution in [0.3, 0.4) is 0 Å². The van der Waals surface area contributed by atoms with Gasteiger partial charge in [0, 0.05) is 48.9 Å². The Morgan fingerprint density at radius 3 is 2.74 bits per heavy atom. The lowest BCUT2D eigenvalue weighted by Crippen LogP contribution is -2.58. The van der Waals surface area contributed by atoms with E-state index in [1.807, 2.05) is 0 Å². The highest BCUT2D eigenvalue weighted by atomic mass is 19.1. The van der Waals surface area contributed by atoms with E-state index in [0.717, 1.165) is 0 Å². The second kappa shape index (κ2) is 12.5. The molecule has 3 amide bonds. The molecule has 0 aliphatic carbocycles. The smallest absolute Gasteiger partial charge is 0.258 e. The lowest BCUT2D eigenvalue weighted by Gasteiger charge is -2.39. The Kier molecular flexibility index (Phi) is 8.60. The Labute approximate surface area is 246 Å². The van der Waals surface area contributed by atoms with E-state index in [4.69, 9.17) is 14.2 Å². The van der Waals surface area contributed by atoms with Crippen molar-refractivity contribution in [2.45, 2.75) is 45.4 Å². The minimum absolute atomic E-state index is 0.0347. The number of ether oxygens (including phenoxy) is 3. The van der Waals surface area contributed by atoms with Gasteiger partial charge >= 0.3 is 0 Å². The van der Waals surface area contributed by atoms with E-state index in [0.29, 0.717) is 29.3 Å². The molecule has 13 heteroatoms. The maximum absolute atomic E-state index is 14.5. The predicted octanol–water partition coefficient (Wildman–Crippen LogP) is 1.56. The van der Waals surface area contributed by atoms with Crippen LogP contribution in [-0.2, 0) is 22.6 Å². The summed E-state index contributed by atoms with van der Waals surface area (Å²) in [6.45, 7) is 3.39. The SMILES string of the molecule is COc1ccc2cc1OCC(=O)NCc1cc(F)cc(c1)O[C@@H]1CCN(C(=O)Cc3c(C)nc(C)[nH]c3=O)C[C@@H]1NC2=O. The summed E-state index contributed by atoms with van der Waals surface area (Å²) in [5.74, 6) is -0.602. The zero-order chi connectivity index (χ0) is 30.7. The highest BCUT2D eigenvalue weighted by molar-refractivity contribution is 5.95. The van der Waals surface area contributed by atoms with Crippen LogP contribution in [0.25, 0.3) is 0 Å². The number of nitrogens with zero attached hydrogens (tertiary/aromatic N) is 2. The second-order valence-electron chi connectivity index (χ2n) is 10.5. The average Bonchev–Trinajstić information content (AvgIpc) is 2.96. The summed E-state index contributed by atoms with van der Waals surface area (Å²) < 4.78 is 31.7. The minimum atomic E-state index is -0.688.